The van der Waals surface area contributed by atoms with Gasteiger partial charge in [0.25, 0.3) is 0 Å². The molecule has 23 heavy (non-hydrogen) atoms. The Bertz CT molecular complexity index is 535. The van der Waals surface area contributed by atoms with Crippen LogP contribution in [0.5, 0.6) is 0 Å². The van der Waals surface area contributed by atoms with E-state index in [2.05, 4.69) is 33.8 Å². The van der Waals surface area contributed by atoms with Crippen molar-refractivity contribution in [3.8, 4) is 0 Å². The molecule has 3 nitrogen and oxygen atoms in total. The van der Waals surface area contributed by atoms with Crippen molar-refractivity contribution in [1.29, 1.82) is 0 Å². The average molecular weight is 320 g/mol. The zero-order chi connectivity index (χ0) is 17.0. The van der Waals surface area contributed by atoms with Gasteiger partial charge in [0.15, 0.2) is 0 Å². The monoisotopic (exact) mass is 320 g/mol. The molecule has 1 unspecified atom stereocenters. The van der Waals surface area contributed by atoms with Crippen molar-refractivity contribution < 1.29 is 15.0 Å². The molecule has 2 fully saturated rings. The molecule has 0 saturated heterocycles. The summed E-state index contributed by atoms with van der Waals surface area (Å²) in [5.41, 5.74) is 1.16. The van der Waals surface area contributed by atoms with Crippen molar-refractivity contribution in [2.75, 3.05) is 6.61 Å². The maximum absolute atomic E-state index is 12.4. The lowest BCUT2D eigenvalue weighted by Gasteiger charge is -2.59. The van der Waals surface area contributed by atoms with Crippen LogP contribution in [0.25, 0.3) is 0 Å². The number of aliphatic hydroxyl groups is 2. The quantitative estimate of drug-likeness (QED) is 0.766. The number of carbonyl (C=O) groups excluding carboxylic acids is 1. The fourth-order valence-corrected chi connectivity index (χ4v) is 6.02. The number of ketones is 1. The van der Waals surface area contributed by atoms with Gasteiger partial charge in [0.1, 0.15) is 5.78 Å². The molecule has 0 radical (unpaired) electrons. The summed E-state index contributed by atoms with van der Waals surface area (Å²) < 4.78 is 0. The number of allylic oxidation sites excluding steroid dienone is 1. The fourth-order valence-electron chi connectivity index (χ4n) is 6.02. The highest BCUT2D eigenvalue weighted by Gasteiger charge is 2.57. The summed E-state index contributed by atoms with van der Waals surface area (Å²) in [4.78, 5) is 12.4. The van der Waals surface area contributed by atoms with Gasteiger partial charge in [-0.1, -0.05) is 39.3 Å². The number of fused-ring (bicyclic) bond motifs is 3. The van der Waals surface area contributed by atoms with Gasteiger partial charge in [-0.3, -0.25) is 4.79 Å². The van der Waals surface area contributed by atoms with Gasteiger partial charge in [-0.25, -0.2) is 0 Å². The second kappa shape index (κ2) is 5.42. The zero-order valence-corrected chi connectivity index (χ0v) is 15.1. The van der Waals surface area contributed by atoms with E-state index in [0.717, 1.165) is 32.1 Å². The summed E-state index contributed by atoms with van der Waals surface area (Å²) in [6.07, 6.45) is 7.40. The van der Waals surface area contributed by atoms with Crippen LogP contribution in [-0.2, 0) is 4.79 Å². The van der Waals surface area contributed by atoms with E-state index in [9.17, 15) is 15.0 Å². The summed E-state index contributed by atoms with van der Waals surface area (Å²) in [6, 6.07) is 0. The van der Waals surface area contributed by atoms with Crippen molar-refractivity contribution in [2.24, 2.45) is 28.1 Å². The van der Waals surface area contributed by atoms with E-state index in [1.165, 1.54) is 5.57 Å². The van der Waals surface area contributed by atoms with Crippen LogP contribution in [0.4, 0.5) is 0 Å². The molecule has 3 heteroatoms. The van der Waals surface area contributed by atoms with E-state index in [4.69, 9.17) is 0 Å². The molecule has 0 spiro atoms. The Morgan fingerprint density at radius 2 is 1.87 bits per heavy atom. The van der Waals surface area contributed by atoms with Crippen molar-refractivity contribution in [3.63, 3.8) is 0 Å². The second-order valence-corrected chi connectivity index (χ2v) is 9.26. The molecule has 130 valence electrons. The number of aliphatic hydroxyl groups excluding tert-OH is 2. The number of carbonyl (C=O) groups is 1. The predicted octanol–water partition coefficient (Wildman–Crippen LogP) is 3.49. The van der Waals surface area contributed by atoms with E-state index in [1.807, 2.05) is 0 Å². The molecule has 3 rings (SSSR count). The Hall–Kier alpha value is -0.670. The van der Waals surface area contributed by atoms with Crippen molar-refractivity contribution in [2.45, 2.75) is 72.3 Å². The molecule has 0 aromatic rings. The van der Waals surface area contributed by atoms with Gasteiger partial charge >= 0.3 is 0 Å². The van der Waals surface area contributed by atoms with Crippen LogP contribution >= 0.6 is 0 Å². The Kier molecular flexibility index (Phi) is 4.04. The third-order valence-electron chi connectivity index (χ3n) is 7.66. The van der Waals surface area contributed by atoms with E-state index in [1.54, 1.807) is 0 Å². The molecule has 0 heterocycles. The topological polar surface area (TPSA) is 57.5 Å². The van der Waals surface area contributed by atoms with E-state index >= 15 is 0 Å². The van der Waals surface area contributed by atoms with Crippen molar-refractivity contribution >= 4 is 5.78 Å². The number of hydrogen-bond donors (Lipinski definition) is 2. The predicted molar refractivity (Wildman–Crippen MR) is 90.9 cm³/mol. The minimum atomic E-state index is -0.675. The smallest absolute Gasteiger partial charge is 0.138 e. The molecular formula is C20H32O3. The summed E-state index contributed by atoms with van der Waals surface area (Å²) in [5, 5.41) is 19.6. The van der Waals surface area contributed by atoms with Crippen LogP contribution in [0.3, 0.4) is 0 Å². The molecule has 0 aliphatic heterocycles. The minimum Gasteiger partial charge on any atom is -0.394 e. The van der Waals surface area contributed by atoms with Crippen LogP contribution < -0.4 is 0 Å². The molecule has 0 bridgehead atoms. The van der Waals surface area contributed by atoms with E-state index < -0.39 is 6.10 Å². The standard InChI is InChI=1S/C20H32O3/c1-18(2)15-6-5-13-11-19(3,17(23)12-21)9-7-14(13)20(15,4)10-8-16(18)22/h11,14-15,17,21,23H,5-10,12H2,1-4H3/t14-,15-,17?,19+,20+/m0/s1. The van der Waals surface area contributed by atoms with E-state index in [-0.39, 0.29) is 22.9 Å². The van der Waals surface area contributed by atoms with E-state index in [0.29, 0.717) is 24.0 Å². The average Bonchev–Trinajstić information content (AvgIpc) is 2.50. The molecule has 3 aliphatic carbocycles. The first-order chi connectivity index (χ1) is 10.6. The van der Waals surface area contributed by atoms with Crippen LogP contribution in [0.1, 0.15) is 66.2 Å². The van der Waals surface area contributed by atoms with Gasteiger partial charge in [-0.2, -0.15) is 0 Å². The summed E-state index contributed by atoms with van der Waals surface area (Å²) in [6.45, 7) is 8.59. The number of Topliss-reactive ketones (excluding diaryl/α,β-unsaturated/α-hetero) is 1. The molecule has 0 aromatic carbocycles. The summed E-state index contributed by atoms with van der Waals surface area (Å²) in [5.74, 6) is 1.43. The van der Waals surface area contributed by atoms with Crippen molar-refractivity contribution in [1.82, 2.24) is 0 Å². The lowest BCUT2D eigenvalue weighted by molar-refractivity contribution is -0.145. The molecule has 0 amide bonds. The zero-order valence-electron chi connectivity index (χ0n) is 15.1. The molecule has 3 aliphatic rings. The molecule has 2 saturated carbocycles. The van der Waals surface area contributed by atoms with Crippen LogP contribution in [0.15, 0.2) is 11.6 Å². The molecule has 0 aromatic heterocycles. The van der Waals surface area contributed by atoms with Gasteiger partial charge in [0, 0.05) is 17.3 Å². The molecular weight excluding hydrogens is 288 g/mol. The lowest BCUT2D eigenvalue weighted by atomic mass is 9.45. The SMILES string of the molecule is CC1(C)C(=O)CC[C@]2(C)[C@H]3CC[C@@](C)(C(O)CO)C=C3CC[C@@H]12. The third-order valence-corrected chi connectivity index (χ3v) is 7.66. The Balaban J connectivity index is 1.95. The number of hydrogen-bond acceptors (Lipinski definition) is 3. The normalized spacial score (nSPS) is 44.1. The highest BCUT2D eigenvalue weighted by Crippen LogP contribution is 2.63. The minimum absolute atomic E-state index is 0.174. The van der Waals surface area contributed by atoms with Crippen LogP contribution in [-0.4, -0.2) is 28.7 Å². The lowest BCUT2D eigenvalue weighted by Crippen LogP contribution is -2.54. The largest absolute Gasteiger partial charge is 0.394 e. The van der Waals surface area contributed by atoms with Crippen molar-refractivity contribution in [3.05, 3.63) is 11.6 Å². The van der Waals surface area contributed by atoms with Crippen LogP contribution in [0.2, 0.25) is 0 Å². The molecule has 2 N–H and O–H groups in total. The summed E-state index contributed by atoms with van der Waals surface area (Å²) >= 11 is 0. The maximum atomic E-state index is 12.4. The van der Waals surface area contributed by atoms with Gasteiger partial charge in [-0.15, -0.1) is 0 Å². The first-order valence-corrected chi connectivity index (χ1v) is 9.19. The Morgan fingerprint density at radius 1 is 1.17 bits per heavy atom. The molecule has 5 atom stereocenters. The highest BCUT2D eigenvalue weighted by atomic mass is 16.3. The first kappa shape index (κ1) is 17.2. The maximum Gasteiger partial charge on any atom is 0.138 e. The van der Waals surface area contributed by atoms with Gasteiger partial charge in [0.2, 0.25) is 0 Å². The third kappa shape index (κ3) is 2.42. The van der Waals surface area contributed by atoms with Gasteiger partial charge < -0.3 is 10.2 Å². The second-order valence-electron chi connectivity index (χ2n) is 9.26. The summed E-state index contributed by atoms with van der Waals surface area (Å²) in [7, 11) is 0. The number of rotatable bonds is 2. The first-order valence-electron chi connectivity index (χ1n) is 9.19. The van der Waals surface area contributed by atoms with Gasteiger partial charge in [-0.05, 0) is 49.4 Å². The fraction of sp³-hybridized carbons (Fsp3) is 0.850. The Labute approximate surface area is 140 Å². The van der Waals surface area contributed by atoms with Crippen LogP contribution in [0, 0.1) is 28.1 Å². The van der Waals surface area contributed by atoms with Gasteiger partial charge in [0.05, 0.1) is 12.7 Å². The highest BCUT2D eigenvalue weighted by molar-refractivity contribution is 5.85. The Morgan fingerprint density at radius 3 is 2.52 bits per heavy atom.